The van der Waals surface area contributed by atoms with Gasteiger partial charge in [-0.3, -0.25) is 4.79 Å². The zero-order valence-corrected chi connectivity index (χ0v) is 22.5. The van der Waals surface area contributed by atoms with E-state index in [0.717, 1.165) is 39.0 Å². The Morgan fingerprint density at radius 1 is 1.08 bits per heavy atom. The molecule has 0 spiro atoms. The van der Waals surface area contributed by atoms with Crippen LogP contribution in [0, 0.1) is 6.92 Å². The predicted octanol–water partition coefficient (Wildman–Crippen LogP) is 4.81. The van der Waals surface area contributed by atoms with Crippen molar-refractivity contribution < 1.29 is 14.1 Å². The van der Waals surface area contributed by atoms with Crippen molar-refractivity contribution in [2.75, 3.05) is 7.11 Å². The van der Waals surface area contributed by atoms with Gasteiger partial charge >= 0.3 is 0 Å². The average molecular weight is 534 g/mol. The second-order valence-electron chi connectivity index (χ2n) is 9.75. The van der Waals surface area contributed by atoms with Crippen molar-refractivity contribution in [1.29, 1.82) is 0 Å². The van der Waals surface area contributed by atoms with E-state index in [1.807, 2.05) is 68.7 Å². The number of aryl methyl sites for hydroxylation is 1. The lowest BCUT2D eigenvalue weighted by molar-refractivity contribution is 0.0937. The number of methoxy groups -OCH3 is 1. The molecule has 4 heterocycles. The Bertz CT molecular complexity index is 1600. The molecule has 0 saturated heterocycles. The Labute approximate surface area is 225 Å². The summed E-state index contributed by atoms with van der Waals surface area (Å²) in [5.41, 5.74) is 6.26. The molecule has 0 bridgehead atoms. The molecular weight excluding hydrogens is 506 g/mol. The van der Waals surface area contributed by atoms with Crippen molar-refractivity contribution in [1.82, 2.24) is 35.0 Å². The van der Waals surface area contributed by atoms with Crippen LogP contribution in [0.1, 0.15) is 48.4 Å². The summed E-state index contributed by atoms with van der Waals surface area (Å²) in [6.45, 7) is 8.18. The molecule has 1 amide bonds. The number of pyridine rings is 1. The lowest BCUT2D eigenvalue weighted by Gasteiger charge is -2.10. The zero-order chi connectivity index (χ0) is 26.2. The smallest absolute Gasteiger partial charge is 0.292 e. The molecule has 0 unspecified atom stereocenters. The lowest BCUT2D eigenvalue weighted by Crippen LogP contribution is -2.24. The summed E-state index contributed by atoms with van der Waals surface area (Å²) in [7, 11) is 1.59. The number of carbonyl (C=O) groups excluding carboxylic acids is 1. The Balaban J connectivity index is 0.00000336. The van der Waals surface area contributed by atoms with Gasteiger partial charge in [0.15, 0.2) is 0 Å². The summed E-state index contributed by atoms with van der Waals surface area (Å²) < 4.78 is 12.3. The largest absolute Gasteiger partial charge is 0.481 e. The van der Waals surface area contributed by atoms with Crippen LogP contribution in [0.25, 0.3) is 27.9 Å². The lowest BCUT2D eigenvalue weighted by atomic mass is 9.97. The van der Waals surface area contributed by atoms with Crippen LogP contribution in [0.2, 0.25) is 0 Å². The number of fused-ring (bicyclic) bond motifs is 1. The van der Waals surface area contributed by atoms with Crippen LogP contribution in [0.5, 0.6) is 5.88 Å². The topological polar surface area (TPSA) is 120 Å². The Morgan fingerprint density at radius 2 is 1.89 bits per heavy atom. The van der Waals surface area contributed by atoms with Crippen LogP contribution in [-0.4, -0.2) is 42.7 Å². The highest BCUT2D eigenvalue weighted by Gasteiger charge is 2.24. The molecule has 5 rings (SSSR count). The molecule has 0 atom stereocenters. The van der Waals surface area contributed by atoms with Crippen LogP contribution in [0.3, 0.4) is 0 Å². The number of hydrogen-bond acceptors (Lipinski definition) is 8. The summed E-state index contributed by atoms with van der Waals surface area (Å²) in [5.74, 6) is 0.615. The van der Waals surface area contributed by atoms with E-state index < -0.39 is 0 Å². The number of amides is 1. The molecule has 0 saturated carbocycles. The minimum Gasteiger partial charge on any atom is -0.481 e. The van der Waals surface area contributed by atoms with Gasteiger partial charge in [0.05, 0.1) is 18.3 Å². The zero-order valence-electron chi connectivity index (χ0n) is 21.7. The molecule has 38 heavy (non-hydrogen) atoms. The van der Waals surface area contributed by atoms with Gasteiger partial charge < -0.3 is 14.6 Å². The van der Waals surface area contributed by atoms with E-state index in [4.69, 9.17) is 9.26 Å². The first kappa shape index (κ1) is 26.7. The number of ether oxygens (including phenoxy) is 1. The molecule has 0 aliphatic carbocycles. The summed E-state index contributed by atoms with van der Waals surface area (Å²) in [6.07, 6.45) is 5.21. The second kappa shape index (κ2) is 10.6. The molecule has 0 aliphatic heterocycles. The molecule has 196 valence electrons. The third kappa shape index (κ3) is 5.35. The highest BCUT2D eigenvalue weighted by atomic mass is 35.5. The molecule has 1 aromatic carbocycles. The molecule has 0 radical (unpaired) electrons. The van der Waals surface area contributed by atoms with Crippen LogP contribution in [-0.2, 0) is 12.0 Å². The molecule has 1 N–H and O–H groups in total. The monoisotopic (exact) mass is 533 g/mol. The van der Waals surface area contributed by atoms with Crippen LogP contribution < -0.4 is 10.1 Å². The van der Waals surface area contributed by atoms with Crippen molar-refractivity contribution >= 4 is 23.8 Å². The second-order valence-corrected chi connectivity index (χ2v) is 9.75. The summed E-state index contributed by atoms with van der Waals surface area (Å²) in [4.78, 5) is 25.5. The van der Waals surface area contributed by atoms with E-state index >= 15 is 0 Å². The van der Waals surface area contributed by atoms with Crippen molar-refractivity contribution in [3.05, 3.63) is 78.0 Å². The molecule has 0 aliphatic rings. The number of aromatic nitrogens is 6. The van der Waals surface area contributed by atoms with E-state index in [2.05, 4.69) is 36.6 Å². The Hall–Kier alpha value is -4.31. The number of benzene rings is 1. The highest BCUT2D eigenvalue weighted by Crippen LogP contribution is 2.30. The number of nitrogens with zero attached hydrogens (tertiary/aromatic N) is 6. The molecule has 10 nitrogen and oxygen atoms in total. The number of carbonyl (C=O) groups is 1. The molecule has 0 fully saturated rings. The first-order chi connectivity index (χ1) is 17.7. The Kier molecular flexibility index (Phi) is 7.45. The van der Waals surface area contributed by atoms with Gasteiger partial charge in [-0.1, -0.05) is 38.1 Å². The number of nitrogens with one attached hydrogen (secondary N) is 1. The minimum atomic E-state index is -0.381. The van der Waals surface area contributed by atoms with Crippen molar-refractivity contribution in [3.63, 3.8) is 0 Å². The standard InChI is InChI=1S/C27H27N7O3.ClH/c1-16-10-18(6-7-19(16)13-29-25(35)24-32-26(37-33-24)27(2,3)4)23-21-11-20(14-34(21)31-15-30-23)17-8-9-28-22(12-17)36-5;/h6-12,14-15H,13H2,1-5H3,(H,29,35);1H. The first-order valence-electron chi connectivity index (χ1n) is 11.8. The van der Waals surface area contributed by atoms with Gasteiger partial charge in [-0.15, -0.1) is 12.4 Å². The minimum absolute atomic E-state index is 0. The van der Waals surface area contributed by atoms with Crippen LogP contribution in [0.15, 0.2) is 59.6 Å². The van der Waals surface area contributed by atoms with E-state index in [1.54, 1.807) is 19.6 Å². The van der Waals surface area contributed by atoms with Gasteiger partial charge in [0.25, 0.3) is 11.7 Å². The fraction of sp³-hybridized carbons (Fsp3) is 0.259. The summed E-state index contributed by atoms with van der Waals surface area (Å²) >= 11 is 0. The van der Waals surface area contributed by atoms with Crippen LogP contribution >= 0.6 is 12.4 Å². The first-order valence-corrected chi connectivity index (χ1v) is 11.8. The molecular formula is C27H28ClN7O3. The number of hydrogen-bond donors (Lipinski definition) is 1. The molecule has 11 heteroatoms. The van der Waals surface area contributed by atoms with Gasteiger partial charge in [0.1, 0.15) is 6.33 Å². The van der Waals surface area contributed by atoms with Gasteiger partial charge in [-0.25, -0.2) is 14.5 Å². The summed E-state index contributed by atoms with van der Waals surface area (Å²) in [5, 5.41) is 11.1. The van der Waals surface area contributed by atoms with Gasteiger partial charge in [-0.05, 0) is 41.8 Å². The van der Waals surface area contributed by atoms with Crippen molar-refractivity contribution in [2.24, 2.45) is 0 Å². The molecule has 5 aromatic rings. The van der Waals surface area contributed by atoms with E-state index in [0.29, 0.717) is 18.3 Å². The van der Waals surface area contributed by atoms with Gasteiger partial charge in [0, 0.05) is 41.5 Å². The number of rotatable bonds is 6. The fourth-order valence-corrected chi connectivity index (χ4v) is 3.93. The van der Waals surface area contributed by atoms with Crippen molar-refractivity contribution in [3.8, 4) is 28.3 Å². The normalized spacial score (nSPS) is 11.3. The Morgan fingerprint density at radius 3 is 2.61 bits per heavy atom. The summed E-state index contributed by atoms with van der Waals surface area (Å²) in [6, 6.07) is 11.9. The van der Waals surface area contributed by atoms with Crippen LogP contribution in [0.4, 0.5) is 0 Å². The van der Waals surface area contributed by atoms with E-state index in [9.17, 15) is 4.79 Å². The third-order valence-corrected chi connectivity index (χ3v) is 6.01. The predicted molar refractivity (Wildman–Crippen MR) is 144 cm³/mol. The maximum Gasteiger partial charge on any atom is 0.292 e. The van der Waals surface area contributed by atoms with E-state index in [1.165, 1.54) is 0 Å². The third-order valence-electron chi connectivity index (χ3n) is 6.01. The average Bonchev–Trinajstić information content (AvgIpc) is 3.56. The maximum atomic E-state index is 12.5. The highest BCUT2D eigenvalue weighted by molar-refractivity contribution is 5.90. The van der Waals surface area contributed by atoms with Gasteiger partial charge in [-0.2, -0.15) is 10.1 Å². The quantitative estimate of drug-likeness (QED) is 0.330. The SMILES string of the molecule is COc1cc(-c2cc3c(-c4ccc(CNC(=O)c5noc(C(C)(C)C)n5)c(C)c4)ncnn3c2)ccn1.Cl. The maximum absolute atomic E-state index is 12.5. The van der Waals surface area contributed by atoms with Gasteiger partial charge in [0.2, 0.25) is 11.8 Å². The van der Waals surface area contributed by atoms with Crippen molar-refractivity contribution in [2.45, 2.75) is 39.7 Å². The molecule has 4 aromatic heterocycles. The van der Waals surface area contributed by atoms with E-state index in [-0.39, 0.29) is 29.6 Å². The number of halogens is 1. The fourth-order valence-electron chi connectivity index (χ4n) is 3.93.